The van der Waals surface area contributed by atoms with Crippen molar-refractivity contribution in [1.29, 1.82) is 0 Å². The number of piperidine rings is 1. The Morgan fingerprint density at radius 3 is 2.58 bits per heavy atom. The Balaban J connectivity index is 1.59. The fourth-order valence-electron chi connectivity index (χ4n) is 3.85. The molecule has 126 valence electrons. The third-order valence-electron chi connectivity index (χ3n) is 5.11. The van der Waals surface area contributed by atoms with Crippen molar-refractivity contribution < 1.29 is 9.60 Å². The van der Waals surface area contributed by atoms with E-state index in [4.69, 9.17) is 0 Å². The Morgan fingerprint density at radius 1 is 1.12 bits per heavy atom. The summed E-state index contributed by atoms with van der Waals surface area (Å²) < 4.78 is 14.5. The molecule has 2 aliphatic rings. The molecule has 0 bridgehead atoms. The maximum Gasteiger partial charge on any atom is 0.127 e. The Morgan fingerprint density at radius 2 is 1.83 bits per heavy atom. The Bertz CT molecular complexity index is 770. The van der Waals surface area contributed by atoms with E-state index in [1.165, 1.54) is 5.57 Å². The first kappa shape index (κ1) is 15.6. The van der Waals surface area contributed by atoms with Crippen LogP contribution in [0.4, 0.5) is 4.39 Å². The van der Waals surface area contributed by atoms with Crippen molar-refractivity contribution in [2.45, 2.75) is 25.3 Å². The second kappa shape index (κ2) is 6.51. The van der Waals surface area contributed by atoms with E-state index in [1.54, 1.807) is 12.3 Å². The molecule has 4 rings (SSSR count). The lowest BCUT2D eigenvalue weighted by Gasteiger charge is -2.27. The van der Waals surface area contributed by atoms with Crippen LogP contribution in [0.1, 0.15) is 18.4 Å². The molecule has 24 heavy (non-hydrogen) atoms. The lowest BCUT2D eigenvalue weighted by atomic mass is 9.84. The van der Waals surface area contributed by atoms with Gasteiger partial charge in [-0.3, -0.25) is 5.21 Å². The maximum absolute atomic E-state index is 14.5. The zero-order valence-electron chi connectivity index (χ0n) is 13.5. The second-order valence-electron chi connectivity index (χ2n) is 6.67. The monoisotopic (exact) mass is 327 g/mol. The van der Waals surface area contributed by atoms with Gasteiger partial charge in [0.1, 0.15) is 5.82 Å². The van der Waals surface area contributed by atoms with Crippen LogP contribution in [0, 0.1) is 11.7 Å². The van der Waals surface area contributed by atoms with Gasteiger partial charge in [0.05, 0.1) is 6.04 Å². The summed E-state index contributed by atoms with van der Waals surface area (Å²) in [5.41, 5.74) is 4.89. The smallest absolute Gasteiger partial charge is 0.127 e. The second-order valence-corrected chi connectivity index (χ2v) is 6.67. The Kier molecular flexibility index (Phi) is 4.22. The molecule has 0 aromatic heterocycles. The van der Waals surface area contributed by atoms with Crippen LogP contribution >= 0.6 is 0 Å². The average Bonchev–Trinajstić information content (AvgIpc) is 2.97. The van der Waals surface area contributed by atoms with Crippen molar-refractivity contribution in [3.63, 3.8) is 0 Å². The van der Waals surface area contributed by atoms with E-state index in [0.717, 1.165) is 41.9 Å². The van der Waals surface area contributed by atoms with Crippen LogP contribution in [0.5, 0.6) is 0 Å². The van der Waals surface area contributed by atoms with Crippen LogP contribution in [-0.4, -0.2) is 29.5 Å². The molecule has 0 saturated carbocycles. The zero-order chi connectivity index (χ0) is 16.5. The number of hydrazine groups is 1. The van der Waals surface area contributed by atoms with Crippen LogP contribution in [0.3, 0.4) is 0 Å². The van der Waals surface area contributed by atoms with E-state index in [9.17, 15) is 9.60 Å². The molecule has 3 N–H and O–H groups in total. The SMILES string of the molecule is ON1C=C(C2CCNCC2)C(Cc2cc3ccccc3cc2F)N1. The summed E-state index contributed by atoms with van der Waals surface area (Å²) in [6.07, 6.45) is 4.40. The first-order chi connectivity index (χ1) is 11.7. The van der Waals surface area contributed by atoms with Gasteiger partial charge in [-0.25, -0.2) is 9.82 Å². The van der Waals surface area contributed by atoms with Gasteiger partial charge in [-0.05, 0) is 72.3 Å². The summed E-state index contributed by atoms with van der Waals surface area (Å²) in [6, 6.07) is 11.3. The standard InChI is InChI=1S/C19H22FN3O/c20-18-10-15-4-2-1-3-14(15)9-16(18)11-19-17(12-23(24)22-19)13-5-7-21-8-6-13/h1-4,9-10,12-13,19,21-22,24H,5-8,11H2. The summed E-state index contributed by atoms with van der Waals surface area (Å²) in [5.74, 6) is 0.251. The number of fused-ring (bicyclic) bond motifs is 1. The highest BCUT2D eigenvalue weighted by Crippen LogP contribution is 2.30. The lowest BCUT2D eigenvalue weighted by Crippen LogP contribution is -2.38. The van der Waals surface area contributed by atoms with Gasteiger partial charge in [0.2, 0.25) is 0 Å². The first-order valence-electron chi connectivity index (χ1n) is 8.54. The van der Waals surface area contributed by atoms with Crippen molar-refractivity contribution in [2.24, 2.45) is 5.92 Å². The van der Waals surface area contributed by atoms with Gasteiger partial charge in [0.25, 0.3) is 0 Å². The molecule has 0 radical (unpaired) electrons. The number of hydrogen-bond acceptors (Lipinski definition) is 4. The van der Waals surface area contributed by atoms with E-state index in [1.807, 2.05) is 30.3 Å². The predicted octanol–water partition coefficient (Wildman–Crippen LogP) is 2.98. The molecule has 0 spiro atoms. The van der Waals surface area contributed by atoms with E-state index >= 15 is 0 Å². The van der Waals surface area contributed by atoms with Crippen molar-refractivity contribution in [1.82, 2.24) is 15.9 Å². The van der Waals surface area contributed by atoms with Gasteiger partial charge in [-0.2, -0.15) is 5.17 Å². The summed E-state index contributed by atoms with van der Waals surface area (Å²) in [4.78, 5) is 0. The van der Waals surface area contributed by atoms with E-state index in [0.29, 0.717) is 17.9 Å². The van der Waals surface area contributed by atoms with Gasteiger partial charge in [0, 0.05) is 6.20 Å². The van der Waals surface area contributed by atoms with Crippen LogP contribution in [0.15, 0.2) is 48.2 Å². The zero-order valence-corrected chi connectivity index (χ0v) is 13.5. The minimum atomic E-state index is -0.184. The van der Waals surface area contributed by atoms with Crippen molar-refractivity contribution >= 4 is 10.8 Å². The summed E-state index contributed by atoms with van der Waals surface area (Å²) >= 11 is 0. The van der Waals surface area contributed by atoms with Crippen molar-refractivity contribution in [2.75, 3.05) is 13.1 Å². The van der Waals surface area contributed by atoms with Crippen LogP contribution < -0.4 is 10.7 Å². The number of nitrogens with zero attached hydrogens (tertiary/aromatic N) is 1. The van der Waals surface area contributed by atoms with Gasteiger partial charge < -0.3 is 5.32 Å². The van der Waals surface area contributed by atoms with Gasteiger partial charge in [-0.15, -0.1) is 0 Å². The fourth-order valence-corrected chi connectivity index (χ4v) is 3.85. The van der Waals surface area contributed by atoms with Crippen LogP contribution in [-0.2, 0) is 6.42 Å². The minimum Gasteiger partial charge on any atom is -0.317 e. The molecule has 2 aromatic carbocycles. The van der Waals surface area contributed by atoms with Gasteiger partial charge in [-0.1, -0.05) is 24.3 Å². The quantitative estimate of drug-likeness (QED) is 0.811. The topological polar surface area (TPSA) is 47.5 Å². The van der Waals surface area contributed by atoms with Crippen LogP contribution in [0.25, 0.3) is 10.8 Å². The van der Waals surface area contributed by atoms with E-state index in [2.05, 4.69) is 10.7 Å². The lowest BCUT2D eigenvalue weighted by molar-refractivity contribution is -0.0840. The summed E-state index contributed by atoms with van der Waals surface area (Å²) in [7, 11) is 0. The molecule has 1 unspecified atom stereocenters. The molecule has 0 aliphatic carbocycles. The third-order valence-corrected chi connectivity index (χ3v) is 5.11. The van der Waals surface area contributed by atoms with Crippen LogP contribution in [0.2, 0.25) is 0 Å². The highest BCUT2D eigenvalue weighted by atomic mass is 19.1. The Hall–Kier alpha value is -1.95. The molecule has 1 fully saturated rings. The number of rotatable bonds is 3. The molecule has 2 aromatic rings. The number of benzene rings is 2. The predicted molar refractivity (Wildman–Crippen MR) is 91.8 cm³/mol. The summed E-state index contributed by atoms with van der Waals surface area (Å²) in [5, 5.41) is 16.2. The summed E-state index contributed by atoms with van der Waals surface area (Å²) in [6.45, 7) is 1.98. The first-order valence-corrected chi connectivity index (χ1v) is 8.54. The maximum atomic E-state index is 14.5. The fraction of sp³-hybridized carbons (Fsp3) is 0.368. The third kappa shape index (κ3) is 3.02. The molecule has 2 heterocycles. The molecule has 2 aliphatic heterocycles. The van der Waals surface area contributed by atoms with E-state index < -0.39 is 0 Å². The molecule has 0 amide bonds. The number of hydroxylamine groups is 1. The largest absolute Gasteiger partial charge is 0.317 e. The number of hydrogen-bond donors (Lipinski definition) is 3. The molecule has 4 nitrogen and oxygen atoms in total. The molecular weight excluding hydrogens is 305 g/mol. The number of halogens is 1. The highest BCUT2D eigenvalue weighted by Gasteiger charge is 2.30. The molecule has 1 atom stereocenters. The van der Waals surface area contributed by atoms with Gasteiger partial charge >= 0.3 is 0 Å². The highest BCUT2D eigenvalue weighted by molar-refractivity contribution is 5.83. The molecule has 5 heteroatoms. The molecule has 1 saturated heterocycles. The van der Waals surface area contributed by atoms with Gasteiger partial charge in [0.15, 0.2) is 0 Å². The number of nitrogens with one attached hydrogen (secondary N) is 2. The van der Waals surface area contributed by atoms with Crippen molar-refractivity contribution in [3.05, 3.63) is 59.6 Å². The minimum absolute atomic E-state index is 0.0613. The average molecular weight is 327 g/mol. The molecular formula is C19H22FN3O. The van der Waals surface area contributed by atoms with Crippen molar-refractivity contribution in [3.8, 4) is 0 Å². The van der Waals surface area contributed by atoms with E-state index in [-0.39, 0.29) is 11.9 Å². The normalized spacial score (nSPS) is 22.2. The Labute approximate surface area is 140 Å².